The maximum Gasteiger partial charge on any atom is 0.138 e. The van der Waals surface area contributed by atoms with E-state index in [4.69, 9.17) is 18.4 Å². The van der Waals surface area contributed by atoms with Crippen LogP contribution >= 0.6 is 0 Å². The molecule has 0 saturated carbocycles. The molecule has 3 heteroatoms. The van der Waals surface area contributed by atoms with Crippen LogP contribution in [0.2, 0.25) is 0 Å². The van der Waals surface area contributed by atoms with Crippen LogP contribution in [0.25, 0.3) is 88.0 Å². The standard InChI is InChI=1S/C46H28N2O/c1-3-12-31(13-4-1)47-39-20-9-7-16-33(39)37-26-29(22-24-40(37)47)30-23-25-41-38(27-30)45-36-19-11-18-35-34-17-8-10-21-43(34)49-44(46(35)36)28-42(45)48(41)32-14-5-2-6-15-32/h1-28H/i1D,2D,3D,4D,5D,6D,12D,13D,14D,15D. The zero-order valence-electron chi connectivity index (χ0n) is 35.7. The predicted octanol–water partition coefficient (Wildman–Crippen LogP) is 12.5. The summed E-state index contributed by atoms with van der Waals surface area (Å²) in [5.41, 5.74) is 6.39. The fourth-order valence-corrected chi connectivity index (χ4v) is 7.68. The first-order valence-electron chi connectivity index (χ1n) is 21.0. The molecule has 1 aliphatic rings. The van der Waals surface area contributed by atoms with E-state index in [1.54, 1.807) is 9.13 Å². The third kappa shape index (κ3) is 3.73. The second-order valence-corrected chi connectivity index (χ2v) is 12.2. The lowest BCUT2D eigenvalue weighted by molar-refractivity contribution is 0.487. The minimum atomic E-state index is -0.472. The Balaban J connectivity index is 1.22. The van der Waals surface area contributed by atoms with E-state index >= 15 is 0 Å². The maximum absolute atomic E-state index is 9.03. The summed E-state index contributed by atoms with van der Waals surface area (Å²) in [5, 5.41) is 5.09. The average molecular weight is 635 g/mol. The summed E-state index contributed by atoms with van der Waals surface area (Å²) in [6, 6.07) is 31.4. The highest BCUT2D eigenvalue weighted by Crippen LogP contribution is 2.50. The number of hydrogen-bond donors (Lipinski definition) is 0. The SMILES string of the molecule is [2H]c1c([2H])c([2H])c(-n2c3ccccc3c3cc(-c4ccc5c(c4)c4c6cccc7c6c(cc4n5-c4c([2H])c([2H])c([2H])c([2H])c4[2H])Oc4ccccc4-7)ccc32)c([2H])c1[2H]. The van der Waals surface area contributed by atoms with E-state index in [0.717, 1.165) is 54.6 Å². The highest BCUT2D eigenvalue weighted by molar-refractivity contribution is 6.26. The Morgan fingerprint density at radius 1 is 0.408 bits per heavy atom. The van der Waals surface area contributed by atoms with Crippen molar-refractivity contribution in [3.8, 4) is 45.1 Å². The van der Waals surface area contributed by atoms with E-state index in [1.807, 2.05) is 97.1 Å². The van der Waals surface area contributed by atoms with Crippen molar-refractivity contribution in [2.45, 2.75) is 0 Å². The molecule has 0 atom stereocenters. The lowest BCUT2D eigenvalue weighted by Gasteiger charge is -2.22. The average Bonchev–Trinajstić information content (AvgIpc) is 3.75. The van der Waals surface area contributed by atoms with Crippen LogP contribution in [0.4, 0.5) is 0 Å². The Hall–Kier alpha value is -6.58. The first-order chi connectivity index (χ1) is 28.5. The monoisotopic (exact) mass is 634 g/mol. The molecule has 1 aliphatic heterocycles. The fraction of sp³-hybridized carbons (Fsp3) is 0. The number of fused-ring (bicyclic) bond motifs is 9. The molecule has 228 valence electrons. The highest BCUT2D eigenvalue weighted by atomic mass is 16.5. The van der Waals surface area contributed by atoms with Gasteiger partial charge in [0, 0.05) is 49.9 Å². The largest absolute Gasteiger partial charge is 0.456 e. The topological polar surface area (TPSA) is 19.1 Å². The number of benzene rings is 8. The summed E-state index contributed by atoms with van der Waals surface area (Å²) in [4.78, 5) is 0. The third-order valence-corrected chi connectivity index (χ3v) is 9.68. The number of para-hydroxylation sites is 4. The van der Waals surface area contributed by atoms with Crippen LogP contribution in [0.15, 0.2) is 170 Å². The molecule has 0 saturated heterocycles. The van der Waals surface area contributed by atoms with E-state index in [1.165, 1.54) is 0 Å². The van der Waals surface area contributed by atoms with E-state index in [2.05, 4.69) is 12.1 Å². The second kappa shape index (κ2) is 9.96. The summed E-state index contributed by atoms with van der Waals surface area (Å²) in [6.45, 7) is 0. The number of rotatable bonds is 3. The Kier molecular flexibility index (Phi) is 3.80. The van der Waals surface area contributed by atoms with Gasteiger partial charge in [-0.2, -0.15) is 0 Å². The number of ether oxygens (including phenoxy) is 1. The smallest absolute Gasteiger partial charge is 0.138 e. The van der Waals surface area contributed by atoms with Gasteiger partial charge in [-0.05, 0) is 82.6 Å². The zero-order chi connectivity index (χ0) is 40.8. The quantitative estimate of drug-likeness (QED) is 0.189. The van der Waals surface area contributed by atoms with Gasteiger partial charge in [0.1, 0.15) is 11.5 Å². The van der Waals surface area contributed by atoms with Crippen molar-refractivity contribution in [3.63, 3.8) is 0 Å². The van der Waals surface area contributed by atoms with Crippen LogP contribution in [0.1, 0.15) is 13.7 Å². The van der Waals surface area contributed by atoms with Gasteiger partial charge in [-0.15, -0.1) is 0 Å². The Morgan fingerprint density at radius 3 is 1.78 bits per heavy atom. The van der Waals surface area contributed by atoms with Crippen LogP contribution in [-0.4, -0.2) is 9.13 Å². The highest BCUT2D eigenvalue weighted by Gasteiger charge is 2.25. The summed E-state index contributed by atoms with van der Waals surface area (Å²) in [5.74, 6) is 1.29. The van der Waals surface area contributed by atoms with Crippen LogP contribution in [0.3, 0.4) is 0 Å². The molecular weight excluding hydrogens is 597 g/mol. The van der Waals surface area contributed by atoms with E-state index in [-0.39, 0.29) is 35.5 Å². The molecule has 8 aromatic carbocycles. The minimum absolute atomic E-state index is 0.0320. The number of nitrogens with zero attached hydrogens (tertiary/aromatic N) is 2. The Morgan fingerprint density at radius 2 is 1.00 bits per heavy atom. The Labute approximate surface area is 296 Å². The lowest BCUT2D eigenvalue weighted by atomic mass is 9.92. The first-order valence-corrected chi connectivity index (χ1v) is 16.0. The van der Waals surface area contributed by atoms with Gasteiger partial charge in [0.25, 0.3) is 0 Å². The van der Waals surface area contributed by atoms with Gasteiger partial charge < -0.3 is 13.9 Å². The zero-order valence-corrected chi connectivity index (χ0v) is 25.7. The number of aromatic nitrogens is 2. The van der Waals surface area contributed by atoms with Crippen molar-refractivity contribution in [2.24, 2.45) is 0 Å². The molecule has 2 aromatic heterocycles. The van der Waals surface area contributed by atoms with Gasteiger partial charge in [0.2, 0.25) is 0 Å². The molecule has 0 aliphatic carbocycles. The van der Waals surface area contributed by atoms with Crippen LogP contribution in [0.5, 0.6) is 11.5 Å². The van der Waals surface area contributed by atoms with Crippen molar-refractivity contribution in [1.29, 1.82) is 0 Å². The summed E-state index contributed by atoms with van der Waals surface area (Å²) in [6.07, 6.45) is 0. The fourth-order valence-electron chi connectivity index (χ4n) is 7.68. The molecular formula is C46H28N2O. The van der Waals surface area contributed by atoms with Crippen molar-refractivity contribution in [2.75, 3.05) is 0 Å². The minimum Gasteiger partial charge on any atom is -0.456 e. The van der Waals surface area contributed by atoms with Gasteiger partial charge in [-0.3, -0.25) is 0 Å². The van der Waals surface area contributed by atoms with Crippen LogP contribution in [-0.2, 0) is 0 Å². The van der Waals surface area contributed by atoms with Gasteiger partial charge in [0.15, 0.2) is 0 Å². The molecule has 0 radical (unpaired) electrons. The van der Waals surface area contributed by atoms with Crippen LogP contribution in [0, 0.1) is 0 Å². The van der Waals surface area contributed by atoms with Crippen molar-refractivity contribution in [3.05, 3.63) is 170 Å². The van der Waals surface area contributed by atoms with E-state index in [9.17, 15) is 0 Å². The molecule has 0 amide bonds. The first kappa shape index (κ1) is 18.7. The molecule has 0 fully saturated rings. The van der Waals surface area contributed by atoms with Crippen LogP contribution < -0.4 is 4.74 Å². The predicted molar refractivity (Wildman–Crippen MR) is 204 cm³/mol. The Bertz CT molecular complexity index is 3490. The molecule has 0 spiro atoms. The third-order valence-electron chi connectivity index (χ3n) is 9.68. The molecule has 10 aromatic rings. The van der Waals surface area contributed by atoms with Crippen molar-refractivity contribution >= 4 is 54.4 Å². The van der Waals surface area contributed by atoms with Gasteiger partial charge >= 0.3 is 0 Å². The summed E-state index contributed by atoms with van der Waals surface area (Å²) >= 11 is 0. The summed E-state index contributed by atoms with van der Waals surface area (Å²) in [7, 11) is 0. The number of hydrogen-bond acceptors (Lipinski definition) is 1. The van der Waals surface area contributed by atoms with E-state index in [0.29, 0.717) is 33.6 Å². The van der Waals surface area contributed by atoms with Gasteiger partial charge in [-0.25, -0.2) is 0 Å². The van der Waals surface area contributed by atoms with Gasteiger partial charge in [0.05, 0.1) is 35.8 Å². The maximum atomic E-state index is 9.03. The molecule has 3 nitrogen and oxygen atoms in total. The van der Waals surface area contributed by atoms with Crippen molar-refractivity contribution < 1.29 is 18.4 Å². The van der Waals surface area contributed by atoms with Crippen molar-refractivity contribution in [1.82, 2.24) is 9.13 Å². The second-order valence-electron chi connectivity index (χ2n) is 12.2. The molecule has 0 unspecified atom stereocenters. The molecule has 11 rings (SSSR count). The lowest BCUT2D eigenvalue weighted by Crippen LogP contribution is -1.98. The molecule has 0 bridgehead atoms. The molecule has 49 heavy (non-hydrogen) atoms. The molecule has 3 heterocycles. The summed E-state index contributed by atoms with van der Waals surface area (Å²) < 4.78 is 96.0. The van der Waals surface area contributed by atoms with Gasteiger partial charge in [-0.1, -0.05) is 103 Å². The molecule has 0 N–H and O–H groups in total. The van der Waals surface area contributed by atoms with E-state index < -0.39 is 36.3 Å². The normalized spacial score (nSPS) is 15.1.